The molecule has 0 spiro atoms. The number of rotatable bonds is 8. The lowest BCUT2D eigenvalue weighted by Gasteiger charge is -2.15. The third-order valence-electron chi connectivity index (χ3n) is 4.92. The summed E-state index contributed by atoms with van der Waals surface area (Å²) in [5.41, 5.74) is 1.31. The molecule has 0 fully saturated rings. The second kappa shape index (κ2) is 10.5. The van der Waals surface area contributed by atoms with E-state index in [-0.39, 0.29) is 34.4 Å². The van der Waals surface area contributed by atoms with Gasteiger partial charge >= 0.3 is 5.97 Å². The van der Waals surface area contributed by atoms with E-state index < -0.39 is 10.9 Å². The van der Waals surface area contributed by atoms with Crippen molar-refractivity contribution in [1.29, 1.82) is 0 Å². The van der Waals surface area contributed by atoms with Crippen molar-refractivity contribution in [3.05, 3.63) is 68.0 Å². The van der Waals surface area contributed by atoms with Crippen LogP contribution in [0.1, 0.15) is 29.8 Å². The Bertz CT molecular complexity index is 1340. The average Bonchev–Trinajstić information content (AvgIpc) is 2.79. The van der Waals surface area contributed by atoms with E-state index in [1.165, 1.54) is 42.0 Å². The topological polar surface area (TPSA) is 133 Å². The van der Waals surface area contributed by atoms with E-state index in [1.54, 1.807) is 13.0 Å². The van der Waals surface area contributed by atoms with E-state index in [4.69, 9.17) is 4.74 Å². The number of nitrogens with one attached hydrogen (secondary N) is 1. The summed E-state index contributed by atoms with van der Waals surface area (Å²) in [5.74, 6) is -0.775. The Morgan fingerprint density at radius 1 is 1.24 bits per heavy atom. The molecule has 1 N–H and O–H groups in total. The van der Waals surface area contributed by atoms with Gasteiger partial charge < -0.3 is 10.1 Å². The van der Waals surface area contributed by atoms with Crippen molar-refractivity contribution >= 4 is 45.9 Å². The fraction of sp³-hybridized carbons (Fsp3) is 0.304. The van der Waals surface area contributed by atoms with Crippen LogP contribution >= 0.6 is 11.8 Å². The van der Waals surface area contributed by atoms with Crippen molar-refractivity contribution in [3.63, 3.8) is 0 Å². The molecule has 11 heteroatoms. The van der Waals surface area contributed by atoms with Crippen molar-refractivity contribution in [1.82, 2.24) is 9.55 Å². The van der Waals surface area contributed by atoms with Crippen LogP contribution in [0.15, 0.2) is 46.3 Å². The minimum Gasteiger partial charge on any atom is -0.465 e. The van der Waals surface area contributed by atoms with Gasteiger partial charge in [-0.15, -0.1) is 0 Å². The Balaban J connectivity index is 1.88. The van der Waals surface area contributed by atoms with E-state index in [1.807, 2.05) is 13.8 Å². The van der Waals surface area contributed by atoms with Gasteiger partial charge in [0.1, 0.15) is 0 Å². The van der Waals surface area contributed by atoms with E-state index in [0.717, 1.165) is 11.8 Å². The first-order chi connectivity index (χ1) is 16.1. The van der Waals surface area contributed by atoms with Gasteiger partial charge in [-0.05, 0) is 42.7 Å². The number of nitro groups is 1. The Morgan fingerprint density at radius 2 is 1.97 bits per heavy atom. The molecular formula is C23H24N4O6S. The van der Waals surface area contributed by atoms with Crippen LogP contribution in [0.5, 0.6) is 0 Å². The molecule has 0 aliphatic rings. The lowest BCUT2D eigenvalue weighted by molar-refractivity contribution is -0.384. The Kier molecular flexibility index (Phi) is 7.67. The second-order valence-electron chi connectivity index (χ2n) is 8.02. The third kappa shape index (κ3) is 5.60. The first-order valence-electron chi connectivity index (χ1n) is 10.4. The lowest BCUT2D eigenvalue weighted by atomic mass is 10.1. The minimum absolute atomic E-state index is 0.0385. The van der Waals surface area contributed by atoms with Crippen molar-refractivity contribution in [2.45, 2.75) is 32.5 Å². The molecule has 3 aromatic rings. The number of nitrogens with zero attached hydrogens (tertiary/aromatic N) is 3. The molecule has 178 valence electrons. The summed E-state index contributed by atoms with van der Waals surface area (Å²) in [6, 6.07) is 8.74. The number of benzene rings is 2. The largest absolute Gasteiger partial charge is 0.465 e. The highest BCUT2D eigenvalue weighted by Crippen LogP contribution is 2.23. The molecule has 10 nitrogen and oxygen atoms in total. The molecule has 0 saturated carbocycles. The molecule has 0 aliphatic carbocycles. The molecule has 3 rings (SSSR count). The molecule has 0 aliphatic heterocycles. The Labute approximate surface area is 199 Å². The number of nitro benzene ring substituents is 1. The summed E-state index contributed by atoms with van der Waals surface area (Å²) in [7, 11) is 1.27. The lowest BCUT2D eigenvalue weighted by Crippen LogP contribution is -2.26. The molecule has 0 saturated heterocycles. The minimum atomic E-state index is -0.540. The molecule has 1 heterocycles. The molecule has 0 atom stereocenters. The van der Waals surface area contributed by atoms with E-state index in [9.17, 15) is 24.5 Å². The van der Waals surface area contributed by atoms with Gasteiger partial charge in [-0.25, -0.2) is 9.78 Å². The standard InChI is InChI=1S/C23H24N4O6S/c1-13(2)11-26-21(29)17-7-5-15(22(30)33-4)10-19(17)25-23(26)34-12-20(28)24-18-8-6-16(27(31)32)9-14(18)3/h5-10,13H,11-12H2,1-4H3,(H,24,28). The Hall–Kier alpha value is -3.73. The number of thioether (sulfide) groups is 1. The number of carbonyl (C=O) groups excluding carboxylic acids is 2. The number of aryl methyl sites for hydroxylation is 1. The monoisotopic (exact) mass is 484 g/mol. The number of carbonyl (C=O) groups is 2. The highest BCUT2D eigenvalue weighted by Gasteiger charge is 2.17. The second-order valence-corrected chi connectivity index (χ2v) is 8.96. The third-order valence-corrected chi connectivity index (χ3v) is 5.89. The number of anilines is 1. The zero-order valence-electron chi connectivity index (χ0n) is 19.2. The molecule has 1 amide bonds. The van der Waals surface area contributed by atoms with Crippen LogP contribution in [0.4, 0.5) is 11.4 Å². The zero-order valence-corrected chi connectivity index (χ0v) is 20.0. The van der Waals surface area contributed by atoms with Crippen LogP contribution in [-0.2, 0) is 16.1 Å². The molecule has 0 radical (unpaired) electrons. The maximum absolute atomic E-state index is 13.1. The van der Waals surface area contributed by atoms with Gasteiger partial charge in [0.15, 0.2) is 5.16 Å². The van der Waals surface area contributed by atoms with Crippen LogP contribution in [0.25, 0.3) is 10.9 Å². The number of esters is 1. The van der Waals surface area contributed by atoms with Gasteiger partial charge in [0, 0.05) is 24.4 Å². The highest BCUT2D eigenvalue weighted by atomic mass is 32.2. The molecular weight excluding hydrogens is 460 g/mol. The number of ether oxygens (including phenoxy) is 1. The maximum atomic E-state index is 13.1. The molecule has 1 aromatic heterocycles. The number of non-ortho nitro benzene ring substituents is 1. The summed E-state index contributed by atoms with van der Waals surface area (Å²) >= 11 is 1.09. The van der Waals surface area contributed by atoms with Gasteiger partial charge in [0.2, 0.25) is 5.91 Å². The fourth-order valence-electron chi connectivity index (χ4n) is 3.30. The van der Waals surface area contributed by atoms with Gasteiger partial charge in [-0.2, -0.15) is 0 Å². The fourth-order valence-corrected chi connectivity index (χ4v) is 4.11. The molecule has 2 aromatic carbocycles. The SMILES string of the molecule is COC(=O)c1ccc2c(=O)n(CC(C)C)c(SCC(=O)Nc3ccc([N+](=O)[O-])cc3C)nc2c1. The summed E-state index contributed by atoms with van der Waals surface area (Å²) in [6.45, 7) is 6.01. The van der Waals surface area contributed by atoms with Crippen LogP contribution in [0, 0.1) is 23.0 Å². The van der Waals surface area contributed by atoms with Crippen LogP contribution < -0.4 is 10.9 Å². The maximum Gasteiger partial charge on any atom is 0.337 e. The van der Waals surface area contributed by atoms with Gasteiger partial charge in [-0.1, -0.05) is 25.6 Å². The summed E-state index contributed by atoms with van der Waals surface area (Å²) in [5, 5.41) is 14.4. The summed E-state index contributed by atoms with van der Waals surface area (Å²) in [4.78, 5) is 52.6. The van der Waals surface area contributed by atoms with Gasteiger partial charge in [0.25, 0.3) is 11.2 Å². The predicted octanol–water partition coefficient (Wildman–Crippen LogP) is 3.79. The first kappa shape index (κ1) is 24.9. The summed E-state index contributed by atoms with van der Waals surface area (Å²) in [6.07, 6.45) is 0. The smallest absolute Gasteiger partial charge is 0.337 e. The Morgan fingerprint density at radius 3 is 2.59 bits per heavy atom. The average molecular weight is 485 g/mol. The van der Waals surface area contributed by atoms with Crippen LogP contribution in [0.2, 0.25) is 0 Å². The number of aromatic nitrogens is 2. The van der Waals surface area contributed by atoms with Gasteiger partial charge in [-0.3, -0.25) is 24.3 Å². The number of amides is 1. The number of hydrogen-bond donors (Lipinski definition) is 1. The first-order valence-corrected chi connectivity index (χ1v) is 11.4. The van der Waals surface area contributed by atoms with E-state index in [2.05, 4.69) is 10.3 Å². The highest BCUT2D eigenvalue weighted by molar-refractivity contribution is 7.99. The van der Waals surface area contributed by atoms with Crippen molar-refractivity contribution < 1.29 is 19.2 Å². The number of methoxy groups -OCH3 is 1. The van der Waals surface area contributed by atoms with Gasteiger partial charge in [0.05, 0.1) is 34.3 Å². The van der Waals surface area contributed by atoms with Crippen LogP contribution in [0.3, 0.4) is 0 Å². The van der Waals surface area contributed by atoms with Crippen molar-refractivity contribution in [2.75, 3.05) is 18.2 Å². The van der Waals surface area contributed by atoms with Crippen molar-refractivity contribution in [3.8, 4) is 0 Å². The molecule has 0 unspecified atom stereocenters. The summed E-state index contributed by atoms with van der Waals surface area (Å²) < 4.78 is 6.27. The number of hydrogen-bond acceptors (Lipinski definition) is 8. The predicted molar refractivity (Wildman–Crippen MR) is 129 cm³/mol. The number of fused-ring (bicyclic) bond motifs is 1. The molecule has 0 bridgehead atoms. The van der Waals surface area contributed by atoms with E-state index >= 15 is 0 Å². The quantitative estimate of drug-likeness (QED) is 0.168. The van der Waals surface area contributed by atoms with Crippen molar-refractivity contribution in [2.24, 2.45) is 5.92 Å². The molecule has 34 heavy (non-hydrogen) atoms. The zero-order chi connectivity index (χ0) is 25.0. The van der Waals surface area contributed by atoms with Crippen LogP contribution in [-0.4, -0.2) is 39.2 Å². The normalized spacial score (nSPS) is 11.0. The van der Waals surface area contributed by atoms with E-state index in [0.29, 0.717) is 33.9 Å².